The highest BCUT2D eigenvalue weighted by Crippen LogP contribution is 2.29. The van der Waals surface area contributed by atoms with Gasteiger partial charge < -0.3 is 15.0 Å². The van der Waals surface area contributed by atoms with Gasteiger partial charge in [0.2, 0.25) is 5.91 Å². The Hall–Kier alpha value is -3.09. The number of carbonyl (C=O) groups excluding carboxylic acids is 1. The Morgan fingerprint density at radius 2 is 2.21 bits per heavy atom. The highest BCUT2D eigenvalue weighted by atomic mass is 16.5. The van der Waals surface area contributed by atoms with Crippen molar-refractivity contribution in [1.82, 2.24) is 20.1 Å². The molecule has 1 aromatic carbocycles. The van der Waals surface area contributed by atoms with Crippen LogP contribution in [-0.4, -0.2) is 40.9 Å². The van der Waals surface area contributed by atoms with E-state index in [2.05, 4.69) is 20.3 Å². The maximum Gasteiger partial charge on any atom is 0.225 e. The number of nitrogens with zero attached hydrogens (tertiary/aromatic N) is 4. The van der Waals surface area contributed by atoms with Crippen LogP contribution in [0.1, 0.15) is 24.1 Å². The van der Waals surface area contributed by atoms with E-state index in [4.69, 9.17) is 4.74 Å². The first-order valence-electron chi connectivity index (χ1n) is 10.0. The minimum absolute atomic E-state index is 0.0549. The average molecular weight is 393 g/mol. The lowest BCUT2D eigenvalue weighted by molar-refractivity contribution is -0.125. The van der Waals surface area contributed by atoms with Gasteiger partial charge in [0.1, 0.15) is 11.3 Å². The van der Waals surface area contributed by atoms with Gasteiger partial charge in [-0.2, -0.15) is 5.10 Å². The quantitative estimate of drug-likeness (QED) is 0.722. The van der Waals surface area contributed by atoms with Gasteiger partial charge in [-0.1, -0.05) is 12.1 Å². The highest BCUT2D eigenvalue weighted by molar-refractivity contribution is 5.91. The molecular formula is C22H27N5O2. The number of hydrogen-bond donors (Lipinski definition) is 1. The number of ether oxygens (including phenoxy) is 1. The number of aromatic nitrogens is 3. The van der Waals surface area contributed by atoms with Crippen LogP contribution in [0.25, 0.3) is 10.9 Å². The summed E-state index contributed by atoms with van der Waals surface area (Å²) in [7, 11) is 3.59. The summed E-state index contributed by atoms with van der Waals surface area (Å²) in [5, 5.41) is 8.74. The van der Waals surface area contributed by atoms with Crippen molar-refractivity contribution >= 4 is 22.6 Å². The lowest BCUT2D eigenvalue weighted by Gasteiger charge is -2.33. The van der Waals surface area contributed by atoms with Gasteiger partial charge in [0.25, 0.3) is 0 Å². The van der Waals surface area contributed by atoms with Gasteiger partial charge in [-0.05, 0) is 43.5 Å². The zero-order chi connectivity index (χ0) is 20.4. The van der Waals surface area contributed by atoms with Crippen molar-refractivity contribution in [2.45, 2.75) is 26.3 Å². The second-order valence-corrected chi connectivity index (χ2v) is 7.59. The molecule has 152 valence electrons. The first-order chi connectivity index (χ1) is 14.1. The first kappa shape index (κ1) is 19.2. The number of rotatable bonds is 5. The van der Waals surface area contributed by atoms with Crippen molar-refractivity contribution in [2.75, 3.05) is 25.1 Å². The lowest BCUT2D eigenvalue weighted by Crippen LogP contribution is -2.43. The molecule has 29 heavy (non-hydrogen) atoms. The van der Waals surface area contributed by atoms with E-state index in [0.717, 1.165) is 53.1 Å². The number of aryl methyl sites for hydroxylation is 2. The molecule has 1 aliphatic rings. The zero-order valence-corrected chi connectivity index (χ0v) is 17.2. The summed E-state index contributed by atoms with van der Waals surface area (Å²) in [4.78, 5) is 19.7. The monoisotopic (exact) mass is 393 g/mol. The zero-order valence-electron chi connectivity index (χ0n) is 17.2. The normalized spacial score (nSPS) is 16.8. The van der Waals surface area contributed by atoms with E-state index in [0.29, 0.717) is 13.1 Å². The minimum Gasteiger partial charge on any atom is -0.497 e. The van der Waals surface area contributed by atoms with E-state index < -0.39 is 0 Å². The molecule has 0 spiro atoms. The molecule has 1 N–H and O–H groups in total. The van der Waals surface area contributed by atoms with E-state index in [9.17, 15) is 4.79 Å². The van der Waals surface area contributed by atoms with Gasteiger partial charge >= 0.3 is 0 Å². The van der Waals surface area contributed by atoms with Crippen molar-refractivity contribution < 1.29 is 9.53 Å². The first-order valence-corrected chi connectivity index (χ1v) is 10.0. The summed E-state index contributed by atoms with van der Waals surface area (Å²) in [5.41, 5.74) is 3.06. The van der Waals surface area contributed by atoms with Gasteiger partial charge in [0, 0.05) is 38.3 Å². The van der Waals surface area contributed by atoms with Crippen LogP contribution < -0.4 is 15.0 Å². The maximum absolute atomic E-state index is 12.8. The van der Waals surface area contributed by atoms with Gasteiger partial charge in [0.05, 0.1) is 18.7 Å². The summed E-state index contributed by atoms with van der Waals surface area (Å²) in [6, 6.07) is 9.78. The van der Waals surface area contributed by atoms with Crippen LogP contribution in [0.3, 0.4) is 0 Å². The van der Waals surface area contributed by atoms with Crippen LogP contribution in [0.15, 0.2) is 36.5 Å². The van der Waals surface area contributed by atoms with E-state index >= 15 is 0 Å². The van der Waals surface area contributed by atoms with Gasteiger partial charge in [-0.25, -0.2) is 4.98 Å². The van der Waals surface area contributed by atoms with Crippen LogP contribution in [0.4, 0.5) is 5.82 Å². The molecule has 1 amide bonds. The van der Waals surface area contributed by atoms with E-state index in [1.807, 2.05) is 55.2 Å². The maximum atomic E-state index is 12.8. The van der Waals surface area contributed by atoms with Crippen LogP contribution in [0.5, 0.6) is 5.75 Å². The second kappa shape index (κ2) is 8.11. The van der Waals surface area contributed by atoms with Crippen LogP contribution in [-0.2, 0) is 18.4 Å². The third kappa shape index (κ3) is 3.90. The van der Waals surface area contributed by atoms with Gasteiger partial charge in [-0.15, -0.1) is 0 Å². The topological polar surface area (TPSA) is 72.3 Å². The Labute approximate surface area is 170 Å². The number of anilines is 1. The molecule has 7 heteroatoms. The molecule has 3 heterocycles. The highest BCUT2D eigenvalue weighted by Gasteiger charge is 2.28. The molecular weight excluding hydrogens is 366 g/mol. The molecule has 1 atom stereocenters. The number of hydrogen-bond acceptors (Lipinski definition) is 5. The Balaban J connectivity index is 1.46. The number of carbonyl (C=O) groups is 1. The molecule has 1 aliphatic heterocycles. The number of pyridine rings is 1. The standard InChI is InChI=1S/C22H27N5O2/c1-15-19-9-10-23-21(20(19)26(2)25-15)27-11-5-7-17(14-27)22(28)24-13-16-6-4-8-18(12-16)29-3/h4,6,8-10,12,17H,5,7,11,13-14H2,1-3H3,(H,24,28). The fourth-order valence-electron chi connectivity index (χ4n) is 4.11. The molecule has 1 fully saturated rings. The Bertz CT molecular complexity index is 1030. The molecule has 1 unspecified atom stereocenters. The summed E-state index contributed by atoms with van der Waals surface area (Å²) in [5.74, 6) is 1.74. The molecule has 0 saturated carbocycles. The summed E-state index contributed by atoms with van der Waals surface area (Å²) in [6.45, 7) is 4.08. The molecule has 7 nitrogen and oxygen atoms in total. The average Bonchev–Trinajstić information content (AvgIpc) is 3.06. The summed E-state index contributed by atoms with van der Waals surface area (Å²) >= 11 is 0. The molecule has 1 saturated heterocycles. The molecule has 2 aromatic heterocycles. The Morgan fingerprint density at radius 3 is 3.03 bits per heavy atom. The molecule has 0 radical (unpaired) electrons. The van der Waals surface area contributed by atoms with Crippen molar-refractivity contribution in [2.24, 2.45) is 13.0 Å². The Morgan fingerprint density at radius 1 is 1.34 bits per heavy atom. The molecule has 3 aromatic rings. The number of fused-ring (bicyclic) bond motifs is 1. The fraction of sp³-hybridized carbons (Fsp3) is 0.409. The number of methoxy groups -OCH3 is 1. The Kier molecular flexibility index (Phi) is 5.38. The predicted octanol–water partition coefficient (Wildman–Crippen LogP) is 2.82. The largest absolute Gasteiger partial charge is 0.497 e. The molecule has 4 rings (SSSR count). The van der Waals surface area contributed by atoms with Crippen LogP contribution in [0, 0.1) is 12.8 Å². The van der Waals surface area contributed by atoms with Crippen LogP contribution in [0.2, 0.25) is 0 Å². The second-order valence-electron chi connectivity index (χ2n) is 7.59. The third-order valence-electron chi connectivity index (χ3n) is 5.61. The number of piperidine rings is 1. The third-order valence-corrected chi connectivity index (χ3v) is 5.61. The predicted molar refractivity (Wildman–Crippen MR) is 113 cm³/mol. The molecule has 0 bridgehead atoms. The fourth-order valence-corrected chi connectivity index (χ4v) is 4.11. The summed E-state index contributed by atoms with van der Waals surface area (Å²) in [6.07, 6.45) is 3.69. The number of nitrogens with one attached hydrogen (secondary N) is 1. The smallest absolute Gasteiger partial charge is 0.225 e. The van der Waals surface area contributed by atoms with Crippen molar-refractivity contribution in [3.8, 4) is 5.75 Å². The van der Waals surface area contributed by atoms with Crippen molar-refractivity contribution in [3.05, 3.63) is 47.8 Å². The van der Waals surface area contributed by atoms with Crippen LogP contribution >= 0.6 is 0 Å². The number of amides is 1. The van der Waals surface area contributed by atoms with Gasteiger partial charge in [-0.3, -0.25) is 9.48 Å². The summed E-state index contributed by atoms with van der Waals surface area (Å²) < 4.78 is 7.14. The SMILES string of the molecule is COc1cccc(CNC(=O)C2CCCN(c3nccc4c(C)nn(C)c34)C2)c1. The van der Waals surface area contributed by atoms with Crippen molar-refractivity contribution in [3.63, 3.8) is 0 Å². The van der Waals surface area contributed by atoms with E-state index in [1.165, 1.54) is 0 Å². The van der Waals surface area contributed by atoms with Crippen molar-refractivity contribution in [1.29, 1.82) is 0 Å². The van der Waals surface area contributed by atoms with E-state index in [1.54, 1.807) is 7.11 Å². The van der Waals surface area contributed by atoms with Gasteiger partial charge in [0.15, 0.2) is 5.82 Å². The minimum atomic E-state index is -0.0549. The lowest BCUT2D eigenvalue weighted by atomic mass is 9.97. The van der Waals surface area contributed by atoms with E-state index in [-0.39, 0.29) is 11.8 Å². The molecule has 0 aliphatic carbocycles. The number of benzene rings is 1.